The van der Waals surface area contributed by atoms with E-state index < -0.39 is 16.1 Å². The summed E-state index contributed by atoms with van der Waals surface area (Å²) < 4.78 is 38.1. The molecule has 2 N–H and O–H groups in total. The molecule has 0 radical (unpaired) electrons. The first kappa shape index (κ1) is 20.1. The molecule has 2 aromatic heterocycles. The maximum atomic E-state index is 12.6. The van der Waals surface area contributed by atoms with Crippen LogP contribution in [0.4, 0.5) is 0 Å². The minimum absolute atomic E-state index is 0.104. The summed E-state index contributed by atoms with van der Waals surface area (Å²) in [6.45, 7) is 1.59. The quantitative estimate of drug-likeness (QED) is 0.466. The van der Waals surface area contributed by atoms with E-state index in [1.165, 1.54) is 18.4 Å². The van der Waals surface area contributed by atoms with Gasteiger partial charge in [0.15, 0.2) is 5.89 Å². The standard InChI is InChI=1S/C22H20N2O5S/c1-15-24-20(14-29-15)16-8-10-19(11-9-16)30(26,27)23-13-21(25)17-4-6-18(7-5-17)22-3-2-12-28-22/h2-12,14,21,23,25H,13H2,1H3. The third kappa shape index (κ3) is 4.35. The van der Waals surface area contributed by atoms with Crippen LogP contribution in [0.15, 0.2) is 86.9 Å². The Morgan fingerprint density at radius 2 is 1.70 bits per heavy atom. The van der Waals surface area contributed by atoms with Gasteiger partial charge in [0.1, 0.15) is 17.7 Å². The summed E-state index contributed by atoms with van der Waals surface area (Å²) in [5, 5.41) is 10.4. The predicted octanol–water partition coefficient (Wildman–Crippen LogP) is 3.92. The van der Waals surface area contributed by atoms with Crippen molar-refractivity contribution >= 4 is 10.0 Å². The van der Waals surface area contributed by atoms with Crippen LogP contribution in [0.1, 0.15) is 17.6 Å². The summed E-state index contributed by atoms with van der Waals surface area (Å²) in [5.41, 5.74) is 2.86. The lowest BCUT2D eigenvalue weighted by Crippen LogP contribution is -2.28. The third-order valence-corrected chi connectivity index (χ3v) is 6.09. The van der Waals surface area contributed by atoms with Crippen molar-refractivity contribution in [3.63, 3.8) is 0 Å². The van der Waals surface area contributed by atoms with E-state index in [0.29, 0.717) is 17.1 Å². The van der Waals surface area contributed by atoms with Gasteiger partial charge in [0.2, 0.25) is 10.0 Å². The van der Waals surface area contributed by atoms with Crippen molar-refractivity contribution in [3.8, 4) is 22.6 Å². The van der Waals surface area contributed by atoms with Gasteiger partial charge in [0.05, 0.1) is 17.3 Å². The maximum absolute atomic E-state index is 12.6. The van der Waals surface area contributed by atoms with Crippen LogP contribution in [-0.4, -0.2) is 25.1 Å². The van der Waals surface area contributed by atoms with Gasteiger partial charge in [-0.3, -0.25) is 0 Å². The Kier molecular flexibility index (Phi) is 5.54. The van der Waals surface area contributed by atoms with Gasteiger partial charge in [-0.05, 0) is 29.8 Å². The molecule has 8 heteroatoms. The van der Waals surface area contributed by atoms with E-state index in [9.17, 15) is 13.5 Å². The van der Waals surface area contributed by atoms with Crippen molar-refractivity contribution in [3.05, 3.63) is 84.6 Å². The van der Waals surface area contributed by atoms with Crippen LogP contribution in [0.5, 0.6) is 0 Å². The second-order valence-corrected chi connectivity index (χ2v) is 8.51. The highest BCUT2D eigenvalue weighted by molar-refractivity contribution is 7.89. The number of aromatic nitrogens is 1. The topological polar surface area (TPSA) is 106 Å². The van der Waals surface area contributed by atoms with Crippen molar-refractivity contribution in [2.45, 2.75) is 17.9 Å². The minimum atomic E-state index is -3.77. The molecule has 30 heavy (non-hydrogen) atoms. The van der Waals surface area contributed by atoms with Gasteiger partial charge >= 0.3 is 0 Å². The molecule has 0 aliphatic rings. The largest absolute Gasteiger partial charge is 0.464 e. The summed E-state index contributed by atoms with van der Waals surface area (Å²) in [6.07, 6.45) is 2.12. The Labute approximate surface area is 174 Å². The highest BCUT2D eigenvalue weighted by Gasteiger charge is 2.17. The fraction of sp³-hybridized carbons (Fsp3) is 0.136. The first-order valence-electron chi connectivity index (χ1n) is 9.26. The fourth-order valence-electron chi connectivity index (χ4n) is 3.00. The van der Waals surface area contributed by atoms with E-state index in [1.54, 1.807) is 43.5 Å². The van der Waals surface area contributed by atoms with Gasteiger partial charge in [-0.15, -0.1) is 0 Å². The number of oxazole rings is 1. The molecule has 2 heterocycles. The van der Waals surface area contributed by atoms with Crippen LogP contribution in [0.2, 0.25) is 0 Å². The van der Waals surface area contributed by atoms with Gasteiger partial charge in [0.25, 0.3) is 0 Å². The Morgan fingerprint density at radius 1 is 1.00 bits per heavy atom. The van der Waals surface area contributed by atoms with E-state index in [0.717, 1.165) is 16.9 Å². The Bertz CT molecular complexity index is 1210. The first-order chi connectivity index (χ1) is 14.4. The molecule has 0 saturated heterocycles. The number of rotatable bonds is 7. The van der Waals surface area contributed by atoms with Gasteiger partial charge < -0.3 is 13.9 Å². The Balaban J connectivity index is 1.41. The number of hydrogen-bond acceptors (Lipinski definition) is 6. The molecule has 0 saturated carbocycles. The van der Waals surface area contributed by atoms with E-state index in [-0.39, 0.29) is 11.4 Å². The summed E-state index contributed by atoms with van der Waals surface area (Å²) in [5.74, 6) is 1.26. The summed E-state index contributed by atoms with van der Waals surface area (Å²) >= 11 is 0. The Hall–Kier alpha value is -3.20. The van der Waals surface area contributed by atoms with Gasteiger partial charge in [0, 0.05) is 24.6 Å². The van der Waals surface area contributed by atoms with Crippen molar-refractivity contribution < 1.29 is 22.4 Å². The smallest absolute Gasteiger partial charge is 0.240 e. The number of benzene rings is 2. The van der Waals surface area contributed by atoms with Gasteiger partial charge in [-0.25, -0.2) is 18.1 Å². The second-order valence-electron chi connectivity index (χ2n) is 6.74. The van der Waals surface area contributed by atoms with Crippen molar-refractivity contribution in [1.82, 2.24) is 9.71 Å². The van der Waals surface area contributed by atoms with E-state index in [2.05, 4.69) is 9.71 Å². The summed E-state index contributed by atoms with van der Waals surface area (Å²) in [6, 6.07) is 17.1. The molecular weight excluding hydrogens is 404 g/mol. The molecule has 0 bridgehead atoms. The molecule has 0 spiro atoms. The molecule has 0 aliphatic heterocycles. The van der Waals surface area contributed by atoms with Crippen molar-refractivity contribution in [2.75, 3.05) is 6.54 Å². The zero-order valence-corrected chi connectivity index (χ0v) is 17.0. The zero-order chi connectivity index (χ0) is 21.1. The normalized spacial score (nSPS) is 12.7. The van der Waals surface area contributed by atoms with Crippen LogP contribution in [0.25, 0.3) is 22.6 Å². The molecule has 4 rings (SSSR count). The van der Waals surface area contributed by atoms with Crippen molar-refractivity contribution in [2.24, 2.45) is 0 Å². The van der Waals surface area contributed by atoms with Gasteiger partial charge in [-0.1, -0.05) is 36.4 Å². The first-order valence-corrected chi connectivity index (χ1v) is 10.7. The molecule has 1 unspecified atom stereocenters. The fourth-order valence-corrected chi connectivity index (χ4v) is 4.04. The lowest BCUT2D eigenvalue weighted by molar-refractivity contribution is 0.182. The molecule has 4 aromatic rings. The number of furan rings is 1. The summed E-state index contributed by atoms with van der Waals surface area (Å²) in [7, 11) is -3.77. The number of aliphatic hydroxyl groups excluding tert-OH is 1. The number of sulfonamides is 1. The number of aryl methyl sites for hydroxylation is 1. The molecule has 0 fully saturated rings. The SMILES string of the molecule is Cc1nc(-c2ccc(S(=O)(=O)NCC(O)c3ccc(-c4ccco4)cc3)cc2)co1. The number of aliphatic hydroxyl groups is 1. The van der Waals surface area contributed by atoms with E-state index in [4.69, 9.17) is 8.83 Å². The minimum Gasteiger partial charge on any atom is -0.464 e. The Morgan fingerprint density at radius 3 is 2.30 bits per heavy atom. The molecule has 2 aromatic carbocycles. The summed E-state index contributed by atoms with van der Waals surface area (Å²) in [4.78, 5) is 4.32. The van der Waals surface area contributed by atoms with Crippen LogP contribution in [0, 0.1) is 6.92 Å². The average Bonchev–Trinajstić information content (AvgIpc) is 3.44. The van der Waals surface area contributed by atoms with Crippen LogP contribution >= 0.6 is 0 Å². The zero-order valence-electron chi connectivity index (χ0n) is 16.1. The van der Waals surface area contributed by atoms with Gasteiger partial charge in [-0.2, -0.15) is 0 Å². The maximum Gasteiger partial charge on any atom is 0.240 e. The van der Waals surface area contributed by atoms with Crippen molar-refractivity contribution in [1.29, 1.82) is 0 Å². The highest BCUT2D eigenvalue weighted by atomic mass is 32.2. The number of nitrogens with one attached hydrogen (secondary N) is 1. The molecule has 154 valence electrons. The number of hydrogen-bond donors (Lipinski definition) is 2. The highest BCUT2D eigenvalue weighted by Crippen LogP contribution is 2.23. The van der Waals surface area contributed by atoms with Crippen LogP contribution < -0.4 is 4.72 Å². The lowest BCUT2D eigenvalue weighted by Gasteiger charge is -2.13. The third-order valence-electron chi connectivity index (χ3n) is 4.65. The van der Waals surface area contributed by atoms with Crippen LogP contribution in [-0.2, 0) is 10.0 Å². The van der Waals surface area contributed by atoms with E-state index >= 15 is 0 Å². The van der Waals surface area contributed by atoms with Crippen LogP contribution in [0.3, 0.4) is 0 Å². The average molecular weight is 424 g/mol. The molecule has 7 nitrogen and oxygen atoms in total. The molecule has 1 atom stereocenters. The molecule has 0 amide bonds. The van der Waals surface area contributed by atoms with E-state index in [1.807, 2.05) is 18.2 Å². The monoisotopic (exact) mass is 424 g/mol. The molecule has 0 aliphatic carbocycles. The second kappa shape index (κ2) is 8.27. The number of nitrogens with zero attached hydrogens (tertiary/aromatic N) is 1. The molecular formula is C22H20N2O5S. The lowest BCUT2D eigenvalue weighted by atomic mass is 10.1. The predicted molar refractivity (Wildman–Crippen MR) is 111 cm³/mol.